The van der Waals surface area contributed by atoms with Crippen molar-refractivity contribution in [2.45, 2.75) is 13.5 Å². The molecule has 5 nitrogen and oxygen atoms in total. The van der Waals surface area contributed by atoms with E-state index < -0.39 is 0 Å². The van der Waals surface area contributed by atoms with Gasteiger partial charge in [-0.2, -0.15) is 5.26 Å². The predicted octanol–water partition coefficient (Wildman–Crippen LogP) is 4.11. The predicted molar refractivity (Wildman–Crippen MR) is 109 cm³/mol. The third-order valence-corrected chi connectivity index (χ3v) is 4.24. The van der Waals surface area contributed by atoms with Crippen LogP contribution in [0.2, 0.25) is 0 Å². The van der Waals surface area contributed by atoms with E-state index in [4.69, 9.17) is 0 Å². The van der Waals surface area contributed by atoms with Gasteiger partial charge < -0.3 is 10.6 Å². The zero-order valence-electron chi connectivity index (χ0n) is 15.4. The Balaban J connectivity index is 1.77. The lowest BCUT2D eigenvalue weighted by Gasteiger charge is -2.12. The summed E-state index contributed by atoms with van der Waals surface area (Å²) in [5, 5.41) is 15.0. The van der Waals surface area contributed by atoms with Crippen LogP contribution in [0.15, 0.2) is 72.8 Å². The van der Waals surface area contributed by atoms with Gasteiger partial charge in [0, 0.05) is 30.3 Å². The summed E-state index contributed by atoms with van der Waals surface area (Å²) in [6.07, 6.45) is 0. The number of anilines is 1. The Morgan fingerprint density at radius 1 is 0.893 bits per heavy atom. The summed E-state index contributed by atoms with van der Waals surface area (Å²) in [5.41, 5.74) is 4.11. The molecular weight excluding hydrogens is 350 g/mol. The molecule has 0 aliphatic rings. The molecule has 0 aliphatic carbocycles. The van der Waals surface area contributed by atoms with Crippen molar-refractivity contribution in [3.63, 3.8) is 0 Å². The normalized spacial score (nSPS) is 10.0. The fourth-order valence-corrected chi connectivity index (χ4v) is 2.92. The van der Waals surface area contributed by atoms with Gasteiger partial charge in [0.05, 0.1) is 11.6 Å². The number of carbonyl (C=O) groups is 2. The molecule has 0 aliphatic heterocycles. The van der Waals surface area contributed by atoms with E-state index in [1.165, 1.54) is 6.92 Å². The van der Waals surface area contributed by atoms with Crippen molar-refractivity contribution < 1.29 is 9.59 Å². The molecule has 138 valence electrons. The number of nitriles is 1. The number of hydrogen-bond donors (Lipinski definition) is 2. The van der Waals surface area contributed by atoms with Crippen LogP contribution in [-0.2, 0) is 11.3 Å². The molecular formula is C23H19N3O2. The van der Waals surface area contributed by atoms with Crippen LogP contribution < -0.4 is 10.6 Å². The fourth-order valence-electron chi connectivity index (χ4n) is 2.92. The Kier molecular flexibility index (Phi) is 5.83. The molecule has 3 aromatic carbocycles. The molecule has 2 N–H and O–H groups in total. The highest BCUT2D eigenvalue weighted by molar-refractivity contribution is 6.01. The Hall–Kier alpha value is -3.91. The number of hydrogen-bond acceptors (Lipinski definition) is 3. The summed E-state index contributed by atoms with van der Waals surface area (Å²) in [4.78, 5) is 23.8. The van der Waals surface area contributed by atoms with Crippen molar-refractivity contribution in [1.29, 1.82) is 5.26 Å². The van der Waals surface area contributed by atoms with Gasteiger partial charge in [0.25, 0.3) is 5.91 Å². The van der Waals surface area contributed by atoms with Gasteiger partial charge >= 0.3 is 0 Å². The molecule has 28 heavy (non-hydrogen) atoms. The first-order valence-electron chi connectivity index (χ1n) is 8.82. The number of carbonyl (C=O) groups excluding carboxylic acids is 2. The third kappa shape index (κ3) is 4.43. The Bertz CT molecular complexity index is 1050. The first-order valence-corrected chi connectivity index (χ1v) is 8.82. The maximum Gasteiger partial charge on any atom is 0.252 e. The van der Waals surface area contributed by atoms with Crippen LogP contribution >= 0.6 is 0 Å². The van der Waals surface area contributed by atoms with E-state index >= 15 is 0 Å². The van der Waals surface area contributed by atoms with Crippen molar-refractivity contribution in [2.24, 2.45) is 0 Å². The van der Waals surface area contributed by atoms with Crippen molar-refractivity contribution in [3.05, 3.63) is 89.5 Å². The molecule has 3 aromatic rings. The highest BCUT2D eigenvalue weighted by atomic mass is 16.2. The lowest BCUT2D eigenvalue weighted by Crippen LogP contribution is -2.23. The number of rotatable bonds is 5. The second kappa shape index (κ2) is 8.65. The molecule has 0 saturated heterocycles. The Labute approximate surface area is 163 Å². The summed E-state index contributed by atoms with van der Waals surface area (Å²) < 4.78 is 0. The second-order valence-corrected chi connectivity index (χ2v) is 6.26. The molecule has 0 atom stereocenters. The van der Waals surface area contributed by atoms with Gasteiger partial charge in [-0.15, -0.1) is 0 Å². The molecule has 0 radical (unpaired) electrons. The monoisotopic (exact) mass is 369 g/mol. The lowest BCUT2D eigenvalue weighted by molar-refractivity contribution is -0.114. The van der Waals surface area contributed by atoms with Crippen LogP contribution in [0.1, 0.15) is 28.4 Å². The van der Waals surface area contributed by atoms with Crippen molar-refractivity contribution in [3.8, 4) is 17.2 Å². The molecule has 0 unspecified atom stereocenters. The van der Waals surface area contributed by atoms with Gasteiger partial charge in [-0.1, -0.05) is 48.5 Å². The van der Waals surface area contributed by atoms with Crippen LogP contribution in [0.4, 0.5) is 5.69 Å². The zero-order valence-corrected chi connectivity index (χ0v) is 15.4. The number of benzene rings is 3. The molecule has 0 bridgehead atoms. The second-order valence-electron chi connectivity index (χ2n) is 6.26. The van der Waals surface area contributed by atoms with Gasteiger partial charge in [0.15, 0.2) is 0 Å². The summed E-state index contributed by atoms with van der Waals surface area (Å²) in [6, 6.07) is 23.9. The van der Waals surface area contributed by atoms with Crippen molar-refractivity contribution >= 4 is 17.5 Å². The van der Waals surface area contributed by atoms with Gasteiger partial charge in [-0.25, -0.2) is 0 Å². The van der Waals surface area contributed by atoms with Gasteiger partial charge in [0.1, 0.15) is 0 Å². The van der Waals surface area contributed by atoms with E-state index in [1.807, 2.05) is 36.4 Å². The van der Waals surface area contributed by atoms with Gasteiger partial charge in [-0.05, 0) is 35.4 Å². The van der Waals surface area contributed by atoms with E-state index in [2.05, 4.69) is 16.7 Å². The Morgan fingerprint density at radius 2 is 1.54 bits per heavy atom. The first kappa shape index (κ1) is 18.9. The molecule has 0 fully saturated rings. The van der Waals surface area contributed by atoms with Crippen LogP contribution in [0, 0.1) is 11.3 Å². The van der Waals surface area contributed by atoms with Crippen molar-refractivity contribution in [1.82, 2.24) is 5.32 Å². The molecule has 2 amide bonds. The SMILES string of the molecule is CC(=O)Nc1ccc(CNC(=O)c2ccccc2-c2ccccc2C#N)cc1. The lowest BCUT2D eigenvalue weighted by atomic mass is 9.95. The summed E-state index contributed by atoms with van der Waals surface area (Å²) in [6.45, 7) is 1.81. The van der Waals surface area contributed by atoms with Crippen LogP contribution in [-0.4, -0.2) is 11.8 Å². The van der Waals surface area contributed by atoms with Crippen molar-refractivity contribution in [2.75, 3.05) is 5.32 Å². The minimum Gasteiger partial charge on any atom is -0.348 e. The third-order valence-electron chi connectivity index (χ3n) is 4.24. The first-order chi connectivity index (χ1) is 13.6. The minimum atomic E-state index is -0.214. The van der Waals surface area contributed by atoms with Crippen LogP contribution in [0.25, 0.3) is 11.1 Å². The average molecular weight is 369 g/mol. The standard InChI is InChI=1S/C23H19N3O2/c1-16(27)26-19-12-10-17(11-13-19)15-25-23(28)22-9-5-4-8-21(22)20-7-3-2-6-18(20)14-24/h2-13H,15H2,1H3,(H,25,28)(H,26,27). The van der Waals surface area contributed by atoms with Crippen LogP contribution in [0.3, 0.4) is 0 Å². The summed E-state index contributed by atoms with van der Waals surface area (Å²) in [5.74, 6) is -0.343. The number of nitrogens with zero attached hydrogens (tertiary/aromatic N) is 1. The number of nitrogens with one attached hydrogen (secondary N) is 2. The van der Waals surface area contributed by atoms with E-state index in [1.54, 1.807) is 36.4 Å². The minimum absolute atomic E-state index is 0.129. The fraction of sp³-hybridized carbons (Fsp3) is 0.0870. The van der Waals surface area contributed by atoms with Gasteiger partial charge in [-0.3, -0.25) is 9.59 Å². The quantitative estimate of drug-likeness (QED) is 0.710. The summed E-state index contributed by atoms with van der Waals surface area (Å²) >= 11 is 0. The maximum absolute atomic E-state index is 12.8. The topological polar surface area (TPSA) is 82.0 Å². The molecule has 3 rings (SSSR count). The molecule has 5 heteroatoms. The van der Waals surface area contributed by atoms with E-state index in [0.717, 1.165) is 16.7 Å². The number of amides is 2. The van der Waals surface area contributed by atoms with E-state index in [0.29, 0.717) is 23.4 Å². The molecule has 0 saturated carbocycles. The highest BCUT2D eigenvalue weighted by Crippen LogP contribution is 2.26. The van der Waals surface area contributed by atoms with Gasteiger partial charge in [0.2, 0.25) is 5.91 Å². The van der Waals surface area contributed by atoms with E-state index in [9.17, 15) is 14.9 Å². The van der Waals surface area contributed by atoms with E-state index in [-0.39, 0.29) is 11.8 Å². The highest BCUT2D eigenvalue weighted by Gasteiger charge is 2.14. The zero-order chi connectivity index (χ0) is 19.9. The maximum atomic E-state index is 12.8. The molecule has 0 spiro atoms. The molecule has 0 aromatic heterocycles. The average Bonchev–Trinajstić information content (AvgIpc) is 2.72. The smallest absolute Gasteiger partial charge is 0.252 e. The van der Waals surface area contributed by atoms with Crippen LogP contribution in [0.5, 0.6) is 0 Å². The largest absolute Gasteiger partial charge is 0.348 e. The molecule has 0 heterocycles. The summed E-state index contributed by atoms with van der Waals surface area (Å²) in [7, 11) is 0. The Morgan fingerprint density at radius 3 is 2.21 bits per heavy atom.